The molecule has 0 aliphatic rings. The van der Waals surface area contributed by atoms with Crippen LogP contribution in [0.25, 0.3) is 0 Å². The van der Waals surface area contributed by atoms with Crippen molar-refractivity contribution in [2.75, 3.05) is 20.2 Å². The third-order valence-corrected chi connectivity index (χ3v) is 3.76. The molecule has 106 valence electrons. The van der Waals surface area contributed by atoms with E-state index in [2.05, 4.69) is 5.32 Å². The molecular formula is C13H20N2O3S. The largest absolute Gasteiger partial charge is 0.394 e. The van der Waals surface area contributed by atoms with Crippen molar-refractivity contribution in [3.63, 3.8) is 0 Å². The number of thiophene rings is 1. The Morgan fingerprint density at radius 1 is 1.47 bits per heavy atom. The summed E-state index contributed by atoms with van der Waals surface area (Å²) in [7, 11) is 1.65. The number of hydrogen-bond donors (Lipinski definition) is 2. The molecule has 0 bridgehead atoms. The molecule has 19 heavy (non-hydrogen) atoms. The van der Waals surface area contributed by atoms with Crippen LogP contribution in [0.15, 0.2) is 16.8 Å². The molecule has 0 aromatic carbocycles. The molecule has 0 saturated carbocycles. The summed E-state index contributed by atoms with van der Waals surface area (Å²) in [5.74, 6) is -0.275. The maximum absolute atomic E-state index is 11.9. The lowest BCUT2D eigenvalue weighted by Gasteiger charge is -2.34. The molecular weight excluding hydrogens is 264 g/mol. The number of rotatable bonds is 6. The maximum atomic E-state index is 11.9. The van der Waals surface area contributed by atoms with E-state index in [-0.39, 0.29) is 24.8 Å². The summed E-state index contributed by atoms with van der Waals surface area (Å²) in [5.41, 5.74) is 0.0237. The molecule has 2 amide bonds. The van der Waals surface area contributed by atoms with E-state index in [4.69, 9.17) is 0 Å². The molecule has 1 aromatic heterocycles. The normalized spacial score (nSPS) is 11.2. The topological polar surface area (TPSA) is 69.6 Å². The van der Waals surface area contributed by atoms with Gasteiger partial charge in [0.1, 0.15) is 0 Å². The van der Waals surface area contributed by atoms with Gasteiger partial charge in [0, 0.05) is 31.0 Å². The average molecular weight is 284 g/mol. The fourth-order valence-electron chi connectivity index (χ4n) is 1.39. The lowest BCUT2D eigenvalue weighted by atomic mass is 10.0. The van der Waals surface area contributed by atoms with E-state index in [1.807, 2.05) is 5.38 Å². The molecule has 1 rings (SSSR count). The first-order valence-corrected chi connectivity index (χ1v) is 7.00. The molecule has 0 aliphatic carbocycles. The van der Waals surface area contributed by atoms with Gasteiger partial charge in [-0.2, -0.15) is 11.3 Å². The van der Waals surface area contributed by atoms with Gasteiger partial charge in [0.25, 0.3) is 5.91 Å². The lowest BCUT2D eigenvalue weighted by molar-refractivity contribution is -0.135. The molecule has 1 aromatic rings. The molecule has 0 fully saturated rings. The number of aliphatic hydroxyl groups excluding tert-OH is 1. The van der Waals surface area contributed by atoms with Crippen LogP contribution in [0.2, 0.25) is 0 Å². The van der Waals surface area contributed by atoms with Crippen LogP contribution >= 0.6 is 11.3 Å². The highest BCUT2D eigenvalue weighted by molar-refractivity contribution is 7.08. The summed E-state index contributed by atoms with van der Waals surface area (Å²) in [4.78, 5) is 25.0. The molecule has 0 spiro atoms. The van der Waals surface area contributed by atoms with Crippen molar-refractivity contribution >= 4 is 23.2 Å². The van der Waals surface area contributed by atoms with Gasteiger partial charge in [-0.05, 0) is 25.3 Å². The van der Waals surface area contributed by atoms with Crippen LogP contribution in [0, 0.1) is 0 Å². The number of nitrogens with one attached hydrogen (secondary N) is 1. The first-order chi connectivity index (χ1) is 8.88. The van der Waals surface area contributed by atoms with Crippen molar-refractivity contribution in [2.24, 2.45) is 0 Å². The number of hydrogen-bond acceptors (Lipinski definition) is 4. The van der Waals surface area contributed by atoms with Crippen LogP contribution in [0.5, 0.6) is 0 Å². The van der Waals surface area contributed by atoms with Gasteiger partial charge in [0.05, 0.1) is 12.1 Å². The number of carbonyl (C=O) groups is 2. The highest BCUT2D eigenvalue weighted by Crippen LogP contribution is 2.12. The zero-order valence-corrected chi connectivity index (χ0v) is 12.3. The molecule has 0 unspecified atom stereocenters. The van der Waals surface area contributed by atoms with Gasteiger partial charge in [0.15, 0.2) is 0 Å². The van der Waals surface area contributed by atoms with E-state index >= 15 is 0 Å². The van der Waals surface area contributed by atoms with Crippen LogP contribution in [0.3, 0.4) is 0 Å². The van der Waals surface area contributed by atoms with Crippen LogP contribution in [0.4, 0.5) is 0 Å². The second-order valence-corrected chi connectivity index (χ2v) is 5.72. The van der Waals surface area contributed by atoms with Crippen molar-refractivity contribution in [3.8, 4) is 0 Å². The number of amides is 2. The molecule has 6 heteroatoms. The highest BCUT2D eigenvalue weighted by Gasteiger charge is 2.26. The standard InChI is InChI=1S/C13H20N2O3S/c1-13(2,9-16)15(3)11(17)4-6-14-12(18)10-5-7-19-8-10/h5,7-8,16H,4,6,9H2,1-3H3,(H,14,18). The SMILES string of the molecule is CN(C(=O)CCNC(=O)c1ccsc1)C(C)(C)CO. The van der Waals surface area contributed by atoms with Gasteiger partial charge in [-0.25, -0.2) is 0 Å². The van der Waals surface area contributed by atoms with Crippen LogP contribution in [-0.4, -0.2) is 47.6 Å². The molecule has 1 heterocycles. The summed E-state index contributed by atoms with van der Waals surface area (Å²) in [6.45, 7) is 3.76. The van der Waals surface area contributed by atoms with E-state index in [0.717, 1.165) is 0 Å². The molecule has 2 N–H and O–H groups in total. The monoisotopic (exact) mass is 284 g/mol. The summed E-state index contributed by atoms with van der Waals surface area (Å²) in [6, 6.07) is 1.74. The van der Waals surface area contributed by atoms with E-state index in [1.54, 1.807) is 32.3 Å². The van der Waals surface area contributed by atoms with Crippen LogP contribution < -0.4 is 5.32 Å². The van der Waals surface area contributed by atoms with Crippen molar-refractivity contribution in [3.05, 3.63) is 22.4 Å². The third-order valence-electron chi connectivity index (χ3n) is 3.08. The second-order valence-electron chi connectivity index (χ2n) is 4.94. The fraction of sp³-hybridized carbons (Fsp3) is 0.538. The Morgan fingerprint density at radius 2 is 2.16 bits per heavy atom. The number of likely N-dealkylation sites (N-methyl/N-ethyl adjacent to an activating group) is 1. The Hall–Kier alpha value is -1.40. The third kappa shape index (κ3) is 4.33. The summed E-state index contributed by atoms with van der Waals surface area (Å²) < 4.78 is 0. The highest BCUT2D eigenvalue weighted by atomic mass is 32.1. The Bertz CT molecular complexity index is 429. The van der Waals surface area contributed by atoms with E-state index < -0.39 is 5.54 Å². The molecule has 0 atom stereocenters. The minimum Gasteiger partial charge on any atom is -0.394 e. The smallest absolute Gasteiger partial charge is 0.252 e. The van der Waals surface area contributed by atoms with Gasteiger partial charge < -0.3 is 15.3 Å². The Morgan fingerprint density at radius 3 is 2.68 bits per heavy atom. The quantitative estimate of drug-likeness (QED) is 0.822. The average Bonchev–Trinajstić information content (AvgIpc) is 2.91. The summed E-state index contributed by atoms with van der Waals surface area (Å²) >= 11 is 1.46. The van der Waals surface area contributed by atoms with Gasteiger partial charge >= 0.3 is 0 Å². The van der Waals surface area contributed by atoms with Crippen molar-refractivity contribution in [1.82, 2.24) is 10.2 Å². The zero-order chi connectivity index (χ0) is 14.5. The van der Waals surface area contributed by atoms with Crippen LogP contribution in [0.1, 0.15) is 30.6 Å². The summed E-state index contributed by atoms with van der Waals surface area (Å²) in [5, 5.41) is 15.5. The minimum atomic E-state index is -0.589. The molecule has 5 nitrogen and oxygen atoms in total. The molecule has 0 aliphatic heterocycles. The zero-order valence-electron chi connectivity index (χ0n) is 11.5. The summed E-state index contributed by atoms with van der Waals surface area (Å²) in [6.07, 6.45) is 0.218. The predicted molar refractivity (Wildman–Crippen MR) is 75.2 cm³/mol. The first kappa shape index (κ1) is 15.7. The maximum Gasteiger partial charge on any atom is 0.252 e. The lowest BCUT2D eigenvalue weighted by Crippen LogP contribution is -2.48. The number of aliphatic hydroxyl groups is 1. The van der Waals surface area contributed by atoms with E-state index in [0.29, 0.717) is 12.1 Å². The van der Waals surface area contributed by atoms with Crippen molar-refractivity contribution in [1.29, 1.82) is 0 Å². The molecule has 0 saturated heterocycles. The molecule has 0 radical (unpaired) electrons. The minimum absolute atomic E-state index is 0.101. The predicted octanol–water partition coefficient (Wildman–Crippen LogP) is 1.10. The van der Waals surface area contributed by atoms with Gasteiger partial charge in [0.2, 0.25) is 5.91 Å². The van der Waals surface area contributed by atoms with Crippen molar-refractivity contribution in [2.45, 2.75) is 25.8 Å². The van der Waals surface area contributed by atoms with Crippen LogP contribution in [-0.2, 0) is 4.79 Å². The second kappa shape index (κ2) is 6.68. The van der Waals surface area contributed by atoms with Gasteiger partial charge in [-0.3, -0.25) is 9.59 Å². The Labute approximate surface area is 117 Å². The Kier molecular flexibility index (Phi) is 5.50. The number of nitrogens with zero attached hydrogens (tertiary/aromatic N) is 1. The van der Waals surface area contributed by atoms with E-state index in [1.165, 1.54) is 16.2 Å². The van der Waals surface area contributed by atoms with E-state index in [9.17, 15) is 14.7 Å². The number of carbonyl (C=O) groups excluding carboxylic acids is 2. The Balaban J connectivity index is 2.37. The van der Waals surface area contributed by atoms with Gasteiger partial charge in [-0.1, -0.05) is 0 Å². The van der Waals surface area contributed by atoms with Gasteiger partial charge in [-0.15, -0.1) is 0 Å². The van der Waals surface area contributed by atoms with Crippen molar-refractivity contribution < 1.29 is 14.7 Å². The fourth-order valence-corrected chi connectivity index (χ4v) is 2.03. The first-order valence-electron chi connectivity index (χ1n) is 6.06.